The van der Waals surface area contributed by atoms with Gasteiger partial charge >= 0.3 is 0 Å². The number of fused-ring (bicyclic) bond motifs is 5. The second-order valence-electron chi connectivity index (χ2n) is 5.55. The predicted octanol–water partition coefficient (Wildman–Crippen LogP) is 3.58. The zero-order chi connectivity index (χ0) is 14.6. The van der Waals surface area contributed by atoms with E-state index in [2.05, 4.69) is 6.07 Å². The quantitative estimate of drug-likeness (QED) is 0.647. The zero-order valence-electron chi connectivity index (χ0n) is 12.0. The van der Waals surface area contributed by atoms with Gasteiger partial charge in [0.05, 0.1) is 0 Å². The van der Waals surface area contributed by atoms with E-state index in [1.807, 2.05) is 37.4 Å². The normalized spacial score (nSPS) is 21.9. The van der Waals surface area contributed by atoms with Crippen LogP contribution in [0.1, 0.15) is 23.0 Å². The second kappa shape index (κ2) is 5.95. The van der Waals surface area contributed by atoms with Gasteiger partial charge in [0.2, 0.25) is 5.91 Å². The molecule has 22 heavy (non-hydrogen) atoms. The number of halogens is 1. The Balaban J connectivity index is 0.00000144. The minimum atomic E-state index is -0.220. The Hall–Kier alpha value is -0.896. The molecule has 4 rings (SSSR count). The molecule has 1 fully saturated rings. The average Bonchev–Trinajstić information content (AvgIpc) is 2.70. The summed E-state index contributed by atoms with van der Waals surface area (Å²) in [7, 11) is 1.84. The Kier molecular flexibility index (Phi) is 4.32. The summed E-state index contributed by atoms with van der Waals surface area (Å²) in [5, 5.41) is 0.663. The molecule has 2 aromatic carbocycles. The molecule has 2 aliphatic heterocycles. The van der Waals surface area contributed by atoms with Crippen LogP contribution in [0, 0.1) is 6.07 Å². The molecule has 0 aromatic heterocycles. The van der Waals surface area contributed by atoms with Gasteiger partial charge < -0.3 is 9.64 Å². The van der Waals surface area contributed by atoms with Crippen LogP contribution >= 0.6 is 11.6 Å². The summed E-state index contributed by atoms with van der Waals surface area (Å²) in [6.07, 6.45) is 0. The van der Waals surface area contributed by atoms with E-state index in [9.17, 15) is 4.79 Å². The molecule has 0 N–H and O–H groups in total. The summed E-state index contributed by atoms with van der Waals surface area (Å²) in [6, 6.07) is 14.2. The number of carbonyl (C=O) groups excluding carboxylic acids is 1. The molecule has 5 heteroatoms. The molecule has 0 bridgehead atoms. The molecule has 109 valence electrons. The first-order chi connectivity index (χ1) is 10.1. The summed E-state index contributed by atoms with van der Waals surface area (Å²) in [5.74, 6) is 1.48. The van der Waals surface area contributed by atoms with Gasteiger partial charge in [0.15, 0.2) is 0 Å². The Morgan fingerprint density at radius 1 is 1.27 bits per heavy atom. The van der Waals surface area contributed by atoms with Crippen molar-refractivity contribution in [3.8, 4) is 11.5 Å². The Morgan fingerprint density at radius 2 is 2.05 bits per heavy atom. The van der Waals surface area contributed by atoms with E-state index >= 15 is 0 Å². The van der Waals surface area contributed by atoms with Crippen LogP contribution in [0.5, 0.6) is 11.5 Å². The van der Waals surface area contributed by atoms with Crippen molar-refractivity contribution >= 4 is 17.5 Å². The van der Waals surface area contributed by atoms with Gasteiger partial charge in [0, 0.05) is 74.5 Å². The Labute approximate surface area is 159 Å². The smallest absolute Gasteiger partial charge is 0.219 e. The third-order valence-corrected chi connectivity index (χ3v) is 4.53. The van der Waals surface area contributed by atoms with Crippen molar-refractivity contribution < 1.29 is 42.2 Å². The SMILES string of the molecule is CN1CC2c3cc(Cl)ccc3Oc3cc[c-]cc3C2C1=O.[Y]. The standard InChI is InChI=1S/C17H13ClNO2.Y/c1-19-9-13-12-8-10(18)6-7-15(12)21-14-5-3-2-4-11(14)16(13)17(19)20;/h3-8,13,16H,9H2,1H3;/q-1;. The maximum atomic E-state index is 12.6. The van der Waals surface area contributed by atoms with Crippen LogP contribution in [0.25, 0.3) is 0 Å². The Morgan fingerprint density at radius 3 is 2.86 bits per heavy atom. The topological polar surface area (TPSA) is 29.5 Å². The molecule has 1 saturated heterocycles. The molecule has 3 nitrogen and oxygen atoms in total. The van der Waals surface area contributed by atoms with Crippen LogP contribution in [0.15, 0.2) is 36.4 Å². The van der Waals surface area contributed by atoms with E-state index in [0.717, 1.165) is 22.6 Å². The van der Waals surface area contributed by atoms with Crippen LogP contribution < -0.4 is 4.74 Å². The van der Waals surface area contributed by atoms with Crippen LogP contribution in [-0.4, -0.2) is 24.4 Å². The van der Waals surface area contributed by atoms with Gasteiger partial charge in [-0.15, -0.1) is 11.6 Å². The molecule has 2 aromatic rings. The van der Waals surface area contributed by atoms with Gasteiger partial charge in [0.1, 0.15) is 5.75 Å². The number of hydrogen-bond acceptors (Lipinski definition) is 2. The van der Waals surface area contributed by atoms with Crippen LogP contribution in [0.2, 0.25) is 5.02 Å². The number of carbonyl (C=O) groups is 1. The summed E-state index contributed by atoms with van der Waals surface area (Å²) >= 11 is 6.14. The minimum absolute atomic E-state index is 0. The first-order valence-corrected chi connectivity index (χ1v) is 7.25. The van der Waals surface area contributed by atoms with Gasteiger partial charge in [-0.3, -0.25) is 4.79 Å². The molecule has 2 atom stereocenters. The molecule has 0 aliphatic carbocycles. The third kappa shape index (κ3) is 2.40. The summed E-state index contributed by atoms with van der Waals surface area (Å²) < 4.78 is 6.03. The predicted molar refractivity (Wildman–Crippen MR) is 79.9 cm³/mol. The van der Waals surface area contributed by atoms with Crippen molar-refractivity contribution in [3.05, 3.63) is 58.6 Å². The van der Waals surface area contributed by atoms with Crippen LogP contribution in [0.3, 0.4) is 0 Å². The zero-order valence-corrected chi connectivity index (χ0v) is 15.6. The minimum Gasteiger partial charge on any atom is -0.482 e. The maximum Gasteiger partial charge on any atom is 0.219 e. The van der Waals surface area contributed by atoms with Crippen LogP contribution in [0.4, 0.5) is 0 Å². The van der Waals surface area contributed by atoms with E-state index in [-0.39, 0.29) is 50.5 Å². The fraction of sp³-hybridized carbons (Fsp3) is 0.235. The monoisotopic (exact) mass is 387 g/mol. The van der Waals surface area contributed by atoms with Crippen LogP contribution in [-0.2, 0) is 37.5 Å². The molecular formula is C17H13ClNO2Y-. The molecular weight excluding hydrogens is 375 g/mol. The first kappa shape index (κ1) is 16.0. The number of likely N-dealkylation sites (N-methyl/N-ethyl adjacent to an activating group) is 1. The molecule has 2 aliphatic rings. The number of rotatable bonds is 0. The van der Waals surface area contributed by atoms with E-state index < -0.39 is 0 Å². The van der Waals surface area contributed by atoms with E-state index in [1.165, 1.54) is 0 Å². The van der Waals surface area contributed by atoms with E-state index in [0.29, 0.717) is 11.6 Å². The van der Waals surface area contributed by atoms with Crippen molar-refractivity contribution in [1.82, 2.24) is 4.90 Å². The average molecular weight is 388 g/mol. The van der Waals surface area contributed by atoms with Gasteiger partial charge in [-0.2, -0.15) is 18.2 Å². The number of benzene rings is 2. The van der Waals surface area contributed by atoms with E-state index in [4.69, 9.17) is 16.3 Å². The largest absolute Gasteiger partial charge is 0.482 e. The van der Waals surface area contributed by atoms with Gasteiger partial charge in [-0.1, -0.05) is 11.6 Å². The molecule has 2 heterocycles. The molecule has 0 saturated carbocycles. The number of amides is 1. The fourth-order valence-corrected chi connectivity index (χ4v) is 3.49. The van der Waals surface area contributed by atoms with Crippen molar-refractivity contribution in [2.75, 3.05) is 13.6 Å². The van der Waals surface area contributed by atoms with Crippen molar-refractivity contribution in [2.24, 2.45) is 0 Å². The molecule has 0 spiro atoms. The molecule has 1 amide bonds. The van der Waals surface area contributed by atoms with Gasteiger partial charge in [0.25, 0.3) is 0 Å². The van der Waals surface area contributed by atoms with E-state index in [1.54, 1.807) is 11.0 Å². The van der Waals surface area contributed by atoms with Crippen molar-refractivity contribution in [1.29, 1.82) is 0 Å². The number of hydrogen-bond donors (Lipinski definition) is 0. The maximum absolute atomic E-state index is 12.6. The number of nitrogens with zero attached hydrogens (tertiary/aromatic N) is 1. The van der Waals surface area contributed by atoms with Crippen molar-refractivity contribution in [2.45, 2.75) is 11.8 Å². The van der Waals surface area contributed by atoms with Gasteiger partial charge in [-0.05, 0) is 18.2 Å². The van der Waals surface area contributed by atoms with Gasteiger partial charge in [-0.25, -0.2) is 0 Å². The summed E-state index contributed by atoms with van der Waals surface area (Å²) in [6.45, 7) is 0.675. The fourth-order valence-electron chi connectivity index (χ4n) is 3.31. The number of likely N-dealkylation sites (tertiary alicyclic amines) is 1. The second-order valence-corrected chi connectivity index (χ2v) is 5.99. The number of ether oxygens (including phenoxy) is 1. The summed E-state index contributed by atoms with van der Waals surface area (Å²) in [4.78, 5) is 14.4. The van der Waals surface area contributed by atoms with Crippen molar-refractivity contribution in [3.63, 3.8) is 0 Å². The summed E-state index contributed by atoms with van der Waals surface area (Å²) in [5.41, 5.74) is 1.91. The first-order valence-electron chi connectivity index (χ1n) is 6.87. The Bertz CT molecular complexity index is 749. The third-order valence-electron chi connectivity index (χ3n) is 4.30. The molecule has 2 unspecified atom stereocenters. The molecule has 1 radical (unpaired) electrons.